The van der Waals surface area contributed by atoms with Crippen molar-refractivity contribution in [1.82, 2.24) is 30.0 Å². The maximum absolute atomic E-state index is 12.3. The summed E-state index contributed by atoms with van der Waals surface area (Å²) in [5.74, 6) is 2.09. The monoisotopic (exact) mass is 340 g/mol. The zero-order valence-electron chi connectivity index (χ0n) is 14.2. The number of fused-ring (bicyclic) bond motifs is 1. The van der Waals surface area contributed by atoms with E-state index in [0.29, 0.717) is 35.7 Å². The number of nitrogens with one attached hydrogen (secondary N) is 2. The van der Waals surface area contributed by atoms with Crippen molar-refractivity contribution in [2.24, 2.45) is 0 Å². The van der Waals surface area contributed by atoms with Crippen molar-refractivity contribution in [2.45, 2.75) is 26.0 Å². The van der Waals surface area contributed by atoms with Crippen molar-refractivity contribution < 1.29 is 4.74 Å². The third-order valence-electron chi connectivity index (χ3n) is 4.57. The van der Waals surface area contributed by atoms with E-state index in [1.165, 1.54) is 0 Å². The fourth-order valence-electron chi connectivity index (χ4n) is 3.16. The number of hydrogen-bond acceptors (Lipinski definition) is 6. The Balaban J connectivity index is 1.60. The molecule has 3 heterocycles. The molecule has 2 N–H and O–H groups in total. The fourth-order valence-corrected chi connectivity index (χ4v) is 3.16. The van der Waals surface area contributed by atoms with Crippen LogP contribution in [0.15, 0.2) is 29.1 Å². The van der Waals surface area contributed by atoms with Gasteiger partial charge in [-0.3, -0.25) is 14.8 Å². The minimum Gasteiger partial charge on any atom is -0.367 e. The van der Waals surface area contributed by atoms with E-state index in [0.717, 1.165) is 12.4 Å². The number of aromatic nitrogens is 5. The highest BCUT2D eigenvalue weighted by Gasteiger charge is 2.29. The molecule has 0 spiro atoms. The Kier molecular flexibility index (Phi) is 4.06. The van der Waals surface area contributed by atoms with Gasteiger partial charge in [-0.2, -0.15) is 5.10 Å². The Hall–Kier alpha value is -2.58. The molecule has 0 bridgehead atoms. The lowest BCUT2D eigenvalue weighted by molar-refractivity contribution is -0.0480. The molecule has 8 nitrogen and oxygen atoms in total. The van der Waals surface area contributed by atoms with Gasteiger partial charge in [-0.15, -0.1) is 0 Å². The van der Waals surface area contributed by atoms with Crippen molar-refractivity contribution in [3.05, 3.63) is 52.1 Å². The molecule has 1 aliphatic heterocycles. The van der Waals surface area contributed by atoms with Gasteiger partial charge in [0.2, 0.25) is 0 Å². The van der Waals surface area contributed by atoms with Gasteiger partial charge < -0.3 is 9.72 Å². The third kappa shape index (κ3) is 3.06. The summed E-state index contributed by atoms with van der Waals surface area (Å²) in [5.41, 5.74) is 0.601. The summed E-state index contributed by atoms with van der Waals surface area (Å²) in [6.07, 6.45) is -0.187. The molecule has 0 aliphatic carbocycles. The van der Waals surface area contributed by atoms with Gasteiger partial charge in [0, 0.05) is 13.1 Å². The Morgan fingerprint density at radius 1 is 1.32 bits per heavy atom. The van der Waals surface area contributed by atoms with E-state index >= 15 is 0 Å². The first-order valence-corrected chi connectivity index (χ1v) is 8.35. The largest absolute Gasteiger partial charge is 0.367 e. The number of nitrogens with zero attached hydrogens (tertiary/aromatic N) is 4. The van der Waals surface area contributed by atoms with Gasteiger partial charge in [-0.25, -0.2) is 9.97 Å². The first-order valence-electron chi connectivity index (χ1n) is 8.35. The quantitative estimate of drug-likeness (QED) is 0.749. The molecule has 1 aromatic carbocycles. The second-order valence-corrected chi connectivity index (χ2v) is 6.28. The van der Waals surface area contributed by atoms with Crippen LogP contribution < -0.4 is 5.56 Å². The molecule has 1 fully saturated rings. The fraction of sp³-hybridized carbons (Fsp3) is 0.412. The van der Waals surface area contributed by atoms with Gasteiger partial charge in [0.05, 0.1) is 23.6 Å². The number of para-hydroxylation sites is 1. The van der Waals surface area contributed by atoms with Crippen LogP contribution in [0.4, 0.5) is 0 Å². The topological polar surface area (TPSA) is 99.8 Å². The molecule has 2 aromatic heterocycles. The van der Waals surface area contributed by atoms with Crippen molar-refractivity contribution in [2.75, 3.05) is 19.7 Å². The molecule has 0 amide bonds. The maximum atomic E-state index is 12.3. The van der Waals surface area contributed by atoms with Crippen LogP contribution >= 0.6 is 0 Å². The molecule has 4 rings (SSSR count). The van der Waals surface area contributed by atoms with Gasteiger partial charge in [-0.05, 0) is 26.0 Å². The molecule has 130 valence electrons. The first-order chi connectivity index (χ1) is 12.1. The van der Waals surface area contributed by atoms with E-state index in [1.807, 2.05) is 32.0 Å². The van der Waals surface area contributed by atoms with Gasteiger partial charge in [-0.1, -0.05) is 12.1 Å². The smallest absolute Gasteiger partial charge is 0.258 e. The number of aryl methyl sites for hydroxylation is 1. The number of H-pyrrole nitrogens is 2. The summed E-state index contributed by atoms with van der Waals surface area (Å²) in [6, 6.07) is 7.34. The summed E-state index contributed by atoms with van der Waals surface area (Å²) < 4.78 is 5.81. The van der Waals surface area contributed by atoms with E-state index < -0.39 is 0 Å². The highest BCUT2D eigenvalue weighted by Crippen LogP contribution is 2.25. The zero-order chi connectivity index (χ0) is 17.4. The Morgan fingerprint density at radius 3 is 2.96 bits per heavy atom. The minimum atomic E-state index is -0.187. The summed E-state index contributed by atoms with van der Waals surface area (Å²) in [4.78, 5) is 26.5. The highest BCUT2D eigenvalue weighted by molar-refractivity contribution is 5.77. The van der Waals surface area contributed by atoms with E-state index in [-0.39, 0.29) is 17.7 Å². The van der Waals surface area contributed by atoms with Crippen molar-refractivity contribution >= 4 is 10.9 Å². The van der Waals surface area contributed by atoms with Crippen LogP contribution in [0.25, 0.3) is 10.9 Å². The molecule has 8 heteroatoms. The SMILES string of the molecule is Cc1nc([C@H]2CN([C@H](C)c3nc4ccccc4c(=O)[nH]3)CCO2)n[nH]1. The van der Waals surface area contributed by atoms with Crippen LogP contribution in [0.3, 0.4) is 0 Å². The third-order valence-corrected chi connectivity index (χ3v) is 4.57. The predicted molar refractivity (Wildman–Crippen MR) is 92.2 cm³/mol. The molecule has 25 heavy (non-hydrogen) atoms. The van der Waals surface area contributed by atoms with Crippen LogP contribution in [-0.2, 0) is 4.74 Å². The normalized spacial score (nSPS) is 20.0. The average Bonchev–Trinajstić information content (AvgIpc) is 3.08. The second kappa shape index (κ2) is 6.38. The molecule has 0 saturated carbocycles. The van der Waals surface area contributed by atoms with Crippen LogP contribution in [0.1, 0.15) is 36.5 Å². The van der Waals surface area contributed by atoms with Crippen molar-refractivity contribution in [1.29, 1.82) is 0 Å². The summed E-state index contributed by atoms with van der Waals surface area (Å²) in [6.45, 7) is 5.90. The van der Waals surface area contributed by atoms with Crippen molar-refractivity contribution in [3.63, 3.8) is 0 Å². The minimum absolute atomic E-state index is 0.0382. The molecule has 3 aromatic rings. The Labute approximate surface area is 144 Å². The average molecular weight is 340 g/mol. The van der Waals surface area contributed by atoms with E-state index in [9.17, 15) is 4.79 Å². The number of aromatic amines is 2. The Bertz CT molecular complexity index is 949. The maximum Gasteiger partial charge on any atom is 0.258 e. The second-order valence-electron chi connectivity index (χ2n) is 6.28. The van der Waals surface area contributed by atoms with Crippen LogP contribution in [0.2, 0.25) is 0 Å². The molecule has 1 saturated heterocycles. The van der Waals surface area contributed by atoms with E-state index in [4.69, 9.17) is 4.74 Å². The lowest BCUT2D eigenvalue weighted by atomic mass is 10.1. The molecular formula is C17H20N6O2. The molecule has 1 aliphatic rings. The van der Waals surface area contributed by atoms with Gasteiger partial charge in [0.25, 0.3) is 5.56 Å². The van der Waals surface area contributed by atoms with Crippen molar-refractivity contribution in [3.8, 4) is 0 Å². The summed E-state index contributed by atoms with van der Waals surface area (Å²) in [7, 11) is 0. The number of morpholine rings is 1. The van der Waals surface area contributed by atoms with E-state index in [2.05, 4.69) is 30.0 Å². The van der Waals surface area contributed by atoms with E-state index in [1.54, 1.807) is 6.07 Å². The molecule has 0 unspecified atom stereocenters. The number of ether oxygens (including phenoxy) is 1. The standard InChI is InChI=1S/C17H20N6O2/c1-10(15-19-13-6-4-3-5-12(13)17(24)20-15)23-7-8-25-14(9-23)16-18-11(2)21-22-16/h3-6,10,14H,7-9H2,1-2H3,(H,18,21,22)(H,19,20,24)/t10-,14-/m1/s1. The molecule has 2 atom stereocenters. The summed E-state index contributed by atoms with van der Waals surface area (Å²) in [5, 5.41) is 7.66. The van der Waals surface area contributed by atoms with Gasteiger partial charge in [0.1, 0.15) is 17.8 Å². The predicted octanol–water partition coefficient (Wildman–Crippen LogP) is 1.48. The summed E-state index contributed by atoms with van der Waals surface area (Å²) >= 11 is 0. The van der Waals surface area contributed by atoms with Crippen LogP contribution in [0, 0.1) is 6.92 Å². The Morgan fingerprint density at radius 2 is 2.16 bits per heavy atom. The van der Waals surface area contributed by atoms with Crippen LogP contribution in [0.5, 0.6) is 0 Å². The lowest BCUT2D eigenvalue weighted by Gasteiger charge is -2.35. The van der Waals surface area contributed by atoms with Crippen LogP contribution in [-0.4, -0.2) is 49.7 Å². The number of rotatable bonds is 3. The molecular weight excluding hydrogens is 320 g/mol. The molecule has 0 radical (unpaired) electrons. The van der Waals surface area contributed by atoms with Gasteiger partial charge >= 0.3 is 0 Å². The first kappa shape index (κ1) is 15.9. The number of hydrogen-bond donors (Lipinski definition) is 2. The van der Waals surface area contributed by atoms with Gasteiger partial charge in [0.15, 0.2) is 5.82 Å². The highest BCUT2D eigenvalue weighted by atomic mass is 16.5. The zero-order valence-corrected chi connectivity index (χ0v) is 14.2. The lowest BCUT2D eigenvalue weighted by Crippen LogP contribution is -2.41. The number of benzene rings is 1.